The van der Waals surface area contributed by atoms with Gasteiger partial charge in [0, 0.05) is 6.47 Å². The minimum absolute atomic E-state index is 0.500. The lowest BCUT2D eigenvalue weighted by Crippen LogP contribution is -2.30. The Bertz CT molecular complexity index is 432. The second-order valence-corrected chi connectivity index (χ2v) is 7.94. The van der Waals surface area contributed by atoms with E-state index in [0.29, 0.717) is 0 Å². The molecule has 0 aliphatic heterocycles. The van der Waals surface area contributed by atoms with Gasteiger partial charge in [-0.1, -0.05) is 90.9 Å². The van der Waals surface area contributed by atoms with E-state index in [2.05, 4.69) is 41.7 Å². The van der Waals surface area contributed by atoms with Crippen molar-refractivity contribution >= 4 is 6.47 Å². The van der Waals surface area contributed by atoms with Gasteiger partial charge in [-0.25, -0.2) is 9.13 Å². The molecule has 0 aliphatic rings. The molecule has 0 saturated heterocycles. The number of aryl methyl sites for hydroxylation is 2. The first kappa shape index (κ1) is 26.7. The number of aromatic nitrogens is 2. The van der Waals surface area contributed by atoms with Crippen molar-refractivity contribution in [2.24, 2.45) is 0 Å². The summed E-state index contributed by atoms with van der Waals surface area (Å²) in [6.07, 6.45) is 29.3. The zero-order valence-electron chi connectivity index (χ0n) is 18.7. The highest BCUT2D eigenvalue weighted by atomic mass is 16.3. The van der Waals surface area contributed by atoms with E-state index in [-0.39, 0.29) is 0 Å². The molecule has 0 unspecified atom stereocenters. The third-order valence-electron chi connectivity index (χ3n) is 5.29. The first-order valence-corrected chi connectivity index (χ1v) is 11.9. The average molecular weight is 395 g/mol. The van der Waals surface area contributed by atoms with Gasteiger partial charge in [0.2, 0.25) is 6.33 Å². The fraction of sp³-hybridized carbons (Fsp3) is 0.833. The summed E-state index contributed by atoms with van der Waals surface area (Å²) in [6.45, 7) is 6.46. The lowest BCUT2D eigenvalue weighted by atomic mass is 10.1. The Hall–Kier alpha value is -1.32. The van der Waals surface area contributed by atoms with Gasteiger partial charge in [-0.15, -0.1) is 0 Å². The summed E-state index contributed by atoms with van der Waals surface area (Å²) in [5.74, 6) is 0. The van der Waals surface area contributed by atoms with Gasteiger partial charge in [0.15, 0.2) is 0 Å². The van der Waals surface area contributed by atoms with Crippen molar-refractivity contribution in [3.63, 3.8) is 0 Å². The van der Waals surface area contributed by atoms with Crippen molar-refractivity contribution in [1.29, 1.82) is 0 Å². The highest BCUT2D eigenvalue weighted by Crippen LogP contribution is 2.10. The van der Waals surface area contributed by atoms with Gasteiger partial charge in [-0.3, -0.25) is 0 Å². The van der Waals surface area contributed by atoms with E-state index in [9.17, 15) is 0 Å². The minimum Gasteiger partial charge on any atom is -0.554 e. The van der Waals surface area contributed by atoms with Crippen molar-refractivity contribution in [2.45, 2.75) is 130 Å². The van der Waals surface area contributed by atoms with E-state index >= 15 is 0 Å². The zero-order valence-corrected chi connectivity index (χ0v) is 18.7. The molecular weight excluding hydrogens is 348 g/mol. The summed E-state index contributed by atoms with van der Waals surface area (Å²) >= 11 is 0. The van der Waals surface area contributed by atoms with Gasteiger partial charge in [0.05, 0.1) is 13.1 Å². The molecule has 164 valence electrons. The monoisotopic (exact) mass is 394 g/mol. The van der Waals surface area contributed by atoms with Gasteiger partial charge >= 0.3 is 0 Å². The zero-order chi connectivity index (χ0) is 20.7. The van der Waals surface area contributed by atoms with Crippen LogP contribution in [0.5, 0.6) is 0 Å². The van der Waals surface area contributed by atoms with Crippen molar-refractivity contribution in [2.75, 3.05) is 0 Å². The minimum atomic E-state index is -0.500. The van der Waals surface area contributed by atoms with Crippen LogP contribution in [0.4, 0.5) is 0 Å². The number of carbonyl (C=O) groups excluding carboxylic acids is 1. The highest BCUT2D eigenvalue weighted by Gasteiger charge is 2.03. The predicted octanol–water partition coefficient (Wildman–Crippen LogP) is 5.42. The standard InChI is InChI=1S/C23H45N2.CH2O2/c1-3-5-7-9-11-12-13-14-16-18-20-25-22-21-24(23-25)19-17-15-10-8-6-4-2;2-1-3/h21-23H,3-20H2,1-2H3;1H,(H,2,3)/q+1;/p-1. The summed E-state index contributed by atoms with van der Waals surface area (Å²) in [7, 11) is 0. The molecule has 0 aliphatic carbocycles. The lowest BCUT2D eigenvalue weighted by Gasteiger charge is -2.01. The number of rotatable bonds is 18. The van der Waals surface area contributed by atoms with Crippen LogP contribution in [0.3, 0.4) is 0 Å². The molecule has 0 radical (unpaired) electrons. The van der Waals surface area contributed by atoms with Crippen LogP contribution in [0, 0.1) is 0 Å². The Kier molecular flexibility index (Phi) is 20.9. The third kappa shape index (κ3) is 18.1. The molecule has 0 fully saturated rings. The molecular formula is C24H46N2O2. The van der Waals surface area contributed by atoms with Crippen LogP contribution in [0.2, 0.25) is 0 Å². The normalized spacial score (nSPS) is 10.5. The van der Waals surface area contributed by atoms with E-state index < -0.39 is 6.47 Å². The molecule has 1 aromatic heterocycles. The molecule has 0 atom stereocenters. The number of hydrogen-bond donors (Lipinski definition) is 0. The van der Waals surface area contributed by atoms with E-state index in [1.807, 2.05) is 0 Å². The van der Waals surface area contributed by atoms with Gasteiger partial charge in [0.1, 0.15) is 12.4 Å². The summed E-state index contributed by atoms with van der Waals surface area (Å²) in [4.78, 5) is 8.25. The molecule has 0 bridgehead atoms. The molecule has 4 nitrogen and oxygen atoms in total. The van der Waals surface area contributed by atoms with Crippen LogP contribution in [0.1, 0.15) is 117 Å². The van der Waals surface area contributed by atoms with Crippen LogP contribution in [-0.2, 0) is 17.9 Å². The average Bonchev–Trinajstić information content (AvgIpc) is 3.14. The Balaban J connectivity index is 0.00000227. The number of unbranched alkanes of at least 4 members (excludes halogenated alkanes) is 14. The fourth-order valence-electron chi connectivity index (χ4n) is 3.56. The highest BCUT2D eigenvalue weighted by molar-refractivity contribution is 5.29. The molecule has 0 amide bonds. The summed E-state index contributed by atoms with van der Waals surface area (Å²) in [6, 6.07) is 0. The quantitative estimate of drug-likeness (QED) is 0.189. The van der Waals surface area contributed by atoms with Crippen molar-refractivity contribution < 1.29 is 14.5 Å². The molecule has 0 saturated carbocycles. The Morgan fingerprint density at radius 2 is 1.18 bits per heavy atom. The smallest absolute Gasteiger partial charge is 0.243 e. The molecule has 0 aromatic carbocycles. The van der Waals surface area contributed by atoms with Crippen LogP contribution in [0.15, 0.2) is 18.7 Å². The number of hydrogen-bond acceptors (Lipinski definition) is 2. The molecule has 1 rings (SSSR count). The maximum Gasteiger partial charge on any atom is 0.243 e. The maximum atomic E-state index is 8.25. The molecule has 4 heteroatoms. The van der Waals surface area contributed by atoms with E-state index in [0.717, 1.165) is 0 Å². The summed E-state index contributed by atoms with van der Waals surface area (Å²) < 4.78 is 4.75. The molecule has 1 aromatic rings. The molecule has 28 heavy (non-hydrogen) atoms. The largest absolute Gasteiger partial charge is 0.554 e. The molecule has 1 heterocycles. The third-order valence-corrected chi connectivity index (χ3v) is 5.29. The topological polar surface area (TPSA) is 48.9 Å². The van der Waals surface area contributed by atoms with Crippen molar-refractivity contribution in [1.82, 2.24) is 4.57 Å². The number of imidazole rings is 1. The number of carboxylic acid groups (broad SMARTS) is 1. The van der Waals surface area contributed by atoms with Crippen molar-refractivity contribution in [3.05, 3.63) is 18.7 Å². The second-order valence-electron chi connectivity index (χ2n) is 7.94. The molecule has 0 N–H and O–H groups in total. The Morgan fingerprint density at radius 1 is 0.750 bits per heavy atom. The fourth-order valence-corrected chi connectivity index (χ4v) is 3.56. The second kappa shape index (κ2) is 22.0. The lowest BCUT2D eigenvalue weighted by molar-refractivity contribution is -0.696. The SMILES string of the molecule is CCCCCCCCCCCC[n+]1ccn(CCCCCCCC)c1.O=C[O-]. The van der Waals surface area contributed by atoms with Gasteiger partial charge < -0.3 is 9.90 Å². The number of carbonyl (C=O) groups is 1. The van der Waals surface area contributed by atoms with E-state index in [1.165, 1.54) is 116 Å². The first-order valence-electron chi connectivity index (χ1n) is 11.9. The van der Waals surface area contributed by atoms with E-state index in [4.69, 9.17) is 9.90 Å². The molecule has 0 spiro atoms. The van der Waals surface area contributed by atoms with E-state index in [1.54, 1.807) is 0 Å². The van der Waals surface area contributed by atoms with Gasteiger partial charge in [-0.2, -0.15) is 0 Å². The van der Waals surface area contributed by atoms with Crippen LogP contribution in [-0.4, -0.2) is 11.0 Å². The van der Waals surface area contributed by atoms with Crippen LogP contribution < -0.4 is 9.67 Å². The van der Waals surface area contributed by atoms with Gasteiger partial charge in [0.25, 0.3) is 0 Å². The Labute approximate surface area is 174 Å². The van der Waals surface area contributed by atoms with Crippen LogP contribution in [0.25, 0.3) is 0 Å². The maximum absolute atomic E-state index is 8.25. The predicted molar refractivity (Wildman–Crippen MR) is 116 cm³/mol. The first-order chi connectivity index (χ1) is 13.8. The van der Waals surface area contributed by atoms with Gasteiger partial charge in [-0.05, 0) is 25.7 Å². The summed E-state index contributed by atoms with van der Waals surface area (Å²) in [5, 5.41) is 8.25. The number of nitrogens with zero attached hydrogens (tertiary/aromatic N) is 2. The van der Waals surface area contributed by atoms with Crippen molar-refractivity contribution in [3.8, 4) is 0 Å². The van der Waals surface area contributed by atoms with Crippen LogP contribution >= 0.6 is 0 Å². The summed E-state index contributed by atoms with van der Waals surface area (Å²) in [5.41, 5.74) is 0. The Morgan fingerprint density at radius 3 is 1.68 bits per heavy atom.